The first-order chi connectivity index (χ1) is 39.5. The largest absolute Gasteiger partial charge is 0.508 e. The fourth-order valence-electron chi connectivity index (χ4n) is 7.28. The molecule has 0 aromatic heterocycles. The van der Waals surface area contributed by atoms with Gasteiger partial charge in [0.1, 0.15) is 17.5 Å². The number of phenols is 2. The molecule has 0 radical (unpaired) electrons. The van der Waals surface area contributed by atoms with Crippen molar-refractivity contribution in [2.45, 2.75) is 163 Å². The van der Waals surface area contributed by atoms with E-state index >= 15 is 0 Å². The summed E-state index contributed by atoms with van der Waals surface area (Å²) in [5, 5.41) is 79.0. The van der Waals surface area contributed by atoms with Gasteiger partial charge in [-0.05, 0) is 187 Å². The number of esters is 1. The van der Waals surface area contributed by atoms with Gasteiger partial charge < -0.3 is 50.7 Å². The smallest absolute Gasteiger partial charge is 0.313 e. The molecular formula is C63H92Cl2N4O14. The summed E-state index contributed by atoms with van der Waals surface area (Å²) >= 11 is 8.80. The van der Waals surface area contributed by atoms with Gasteiger partial charge in [-0.15, -0.1) is 0 Å². The van der Waals surface area contributed by atoms with Crippen molar-refractivity contribution in [2.24, 2.45) is 25.4 Å². The molecule has 1 fully saturated rings. The highest BCUT2D eigenvalue weighted by atomic mass is 35.5. The molecule has 83 heavy (non-hydrogen) atoms. The molecule has 4 aromatic rings. The van der Waals surface area contributed by atoms with Gasteiger partial charge in [-0.3, -0.25) is 9.59 Å². The van der Waals surface area contributed by atoms with E-state index < -0.39 is 10.1 Å². The summed E-state index contributed by atoms with van der Waals surface area (Å²) < 4.78 is 3.88. The number of benzene rings is 4. The number of aliphatic hydroxyl groups excluding tert-OH is 7. The Labute approximate surface area is 501 Å². The van der Waals surface area contributed by atoms with Crippen molar-refractivity contribution in [2.75, 3.05) is 52.9 Å². The van der Waals surface area contributed by atoms with Crippen molar-refractivity contribution < 1.29 is 69.9 Å². The lowest BCUT2D eigenvalue weighted by molar-refractivity contribution is -0.142. The van der Waals surface area contributed by atoms with Gasteiger partial charge in [-0.2, -0.15) is 20.0 Å². The first-order valence-corrected chi connectivity index (χ1v) is 28.8. The number of aliphatic hydroxyl groups is 7. The Morgan fingerprint density at radius 2 is 0.867 bits per heavy atom. The molecule has 1 heterocycles. The van der Waals surface area contributed by atoms with Crippen LogP contribution >= 0.6 is 23.2 Å². The van der Waals surface area contributed by atoms with Crippen LogP contribution in [0, 0.1) is 5.41 Å². The van der Waals surface area contributed by atoms with Crippen molar-refractivity contribution in [1.29, 1.82) is 0 Å². The van der Waals surface area contributed by atoms with Gasteiger partial charge in [0.2, 0.25) is 12.2 Å². The number of rotatable bonds is 22. The van der Waals surface area contributed by atoms with Crippen LogP contribution in [0.1, 0.15) is 190 Å². The second-order valence-corrected chi connectivity index (χ2v) is 21.3. The van der Waals surface area contributed by atoms with E-state index in [-0.39, 0.29) is 87.4 Å². The third-order valence-corrected chi connectivity index (χ3v) is 12.4. The molecule has 0 atom stereocenters. The first kappa shape index (κ1) is 79.1. The molecule has 0 amide bonds. The van der Waals surface area contributed by atoms with E-state index in [0.717, 1.165) is 109 Å². The van der Waals surface area contributed by atoms with E-state index in [1.165, 1.54) is 12.2 Å². The van der Waals surface area contributed by atoms with Gasteiger partial charge >= 0.3 is 10.7 Å². The number of carbonyl (C=O) groups is 2. The van der Waals surface area contributed by atoms with Gasteiger partial charge in [-0.1, -0.05) is 99.4 Å². The van der Waals surface area contributed by atoms with Gasteiger partial charge in [0.05, 0.1) is 49.2 Å². The maximum atomic E-state index is 10.5. The molecule has 462 valence electrons. The minimum absolute atomic E-state index is 0.0255. The van der Waals surface area contributed by atoms with Gasteiger partial charge in [0, 0.05) is 38.3 Å². The maximum absolute atomic E-state index is 10.5. The molecule has 20 heteroatoms. The van der Waals surface area contributed by atoms with Crippen LogP contribution in [0.15, 0.2) is 92.8 Å². The summed E-state index contributed by atoms with van der Waals surface area (Å²) in [6.07, 6.45) is 13.5. The summed E-state index contributed by atoms with van der Waals surface area (Å²) in [4.78, 5) is 56.0. The zero-order valence-electron chi connectivity index (χ0n) is 50.0. The van der Waals surface area contributed by atoms with Gasteiger partial charge in [-0.25, -0.2) is 9.59 Å². The quantitative estimate of drug-likeness (QED) is 0.0116. The van der Waals surface area contributed by atoms with Crippen LogP contribution in [-0.2, 0) is 25.5 Å². The summed E-state index contributed by atoms with van der Waals surface area (Å²) in [5.74, 6) is 1.35. The first-order valence-electron chi connectivity index (χ1n) is 28.0. The normalized spacial score (nSPS) is 11.4. The number of unbranched alkanes of at least 4 members (excludes halogenated alkanes) is 4. The molecule has 9 N–H and O–H groups in total. The average molecular weight is 1200 g/mol. The highest BCUT2D eigenvalue weighted by molar-refractivity contribution is 6.93. The summed E-state index contributed by atoms with van der Waals surface area (Å²) in [5.41, 5.74) is 8.31. The zero-order valence-corrected chi connectivity index (χ0v) is 51.5. The molecule has 4 aromatic carbocycles. The van der Waals surface area contributed by atoms with Gasteiger partial charge in [0.15, 0.2) is 0 Å². The number of aromatic hydroxyl groups is 2. The van der Waals surface area contributed by atoms with Crippen molar-refractivity contribution in [3.63, 3.8) is 0 Å². The standard InChI is InChI=1S/C25H34N2O2.C15H10N2O2.C6H14O3.C6H10O2.C6H14O2.C4H10O2.CCl2O/c1-14(2)20-9-18(28)10-21(15(3)4)24(20)26-13-27-25-22(16(5)6)11-19(29)12-23(25)17(7)8;18-10-16-14-5-1-12(2-6-14)9-13-3-7-15(8-4-13)17-11-19;1-2-6(3-7,4-8)5-9;7-6-4-2-1-3-5-8-6;7-5-3-1-2-4-6-8;5-3-1-2-4-6;2-1(3)4/h9-12,14-17,28-29H,1-8H3;1-8H,9H2;7-9H,2-5H2,1H3;1-5H2;7-8H,1-6H2;5-6H,1-4H2;. The monoisotopic (exact) mass is 1200 g/mol. The summed E-state index contributed by atoms with van der Waals surface area (Å²) in [6, 6.07) is 24.7. The fraction of sp³-hybridized carbons (Fsp3) is 0.540. The highest BCUT2D eigenvalue weighted by Gasteiger charge is 2.25. The molecule has 1 aliphatic rings. The van der Waals surface area contributed by atoms with Crippen molar-refractivity contribution >= 4 is 74.8 Å². The Hall–Kier alpha value is -5.94. The molecule has 18 nitrogen and oxygen atoms in total. The zero-order chi connectivity index (χ0) is 63.2. The number of nitrogens with zero attached hydrogens (tertiary/aromatic N) is 4. The SMILES string of the molecule is CC(C)c1cc(O)cc(C(C)C)c1N=C=Nc1c(C(C)C)cc(O)cc1C(C)C.CCC(CO)(CO)CO.O=C(Cl)Cl.O=C1CCCCCO1.O=C=Nc1ccc(Cc2ccc(N=C=O)cc2)cc1.OCCCCCCO.OCCCCO. The van der Waals surface area contributed by atoms with Gasteiger partial charge in [0.25, 0.3) is 0 Å². The molecule has 5 rings (SSSR count). The van der Waals surface area contributed by atoms with E-state index in [9.17, 15) is 24.6 Å². The maximum Gasteiger partial charge on any atom is 0.313 e. The molecule has 0 aliphatic carbocycles. The lowest BCUT2D eigenvalue weighted by Crippen LogP contribution is -2.32. The molecule has 0 saturated carbocycles. The number of aliphatic imine (C=N–C) groups is 4. The molecule has 1 saturated heterocycles. The number of hydrogen-bond acceptors (Lipinski definition) is 18. The third kappa shape index (κ3) is 36.4. The topological polar surface area (TPSA) is 309 Å². The number of hydrogen-bond donors (Lipinski definition) is 9. The number of carbonyl (C=O) groups excluding carboxylic acids is 4. The van der Waals surface area contributed by atoms with E-state index in [1.54, 1.807) is 48.5 Å². The van der Waals surface area contributed by atoms with Crippen LogP contribution in [-0.4, -0.2) is 128 Å². The van der Waals surface area contributed by atoms with Crippen LogP contribution in [0.2, 0.25) is 0 Å². The number of ether oxygens (including phenoxy) is 1. The van der Waals surface area contributed by atoms with Crippen molar-refractivity contribution in [3.05, 3.63) is 106 Å². The molecule has 0 bridgehead atoms. The summed E-state index contributed by atoms with van der Waals surface area (Å²) in [7, 11) is 0. The van der Waals surface area contributed by atoms with Crippen molar-refractivity contribution in [3.8, 4) is 11.5 Å². The average Bonchev–Trinajstić information content (AvgIpc) is 3.78. The summed E-state index contributed by atoms with van der Waals surface area (Å²) in [6.45, 7) is 19.6. The fourth-order valence-corrected chi connectivity index (χ4v) is 7.28. The van der Waals surface area contributed by atoms with Crippen LogP contribution in [0.4, 0.5) is 27.5 Å². The Morgan fingerprint density at radius 3 is 1.13 bits per heavy atom. The van der Waals surface area contributed by atoms with Crippen LogP contribution < -0.4 is 0 Å². The van der Waals surface area contributed by atoms with E-state index in [2.05, 4.69) is 105 Å². The second-order valence-electron chi connectivity index (χ2n) is 20.4. The molecule has 0 unspecified atom stereocenters. The van der Waals surface area contributed by atoms with E-state index in [1.807, 2.05) is 31.2 Å². The highest BCUT2D eigenvalue weighted by Crippen LogP contribution is 2.40. The lowest BCUT2D eigenvalue weighted by atomic mass is 9.88. The molecule has 1 aliphatic heterocycles. The Kier molecular flexibility index (Phi) is 46.2. The van der Waals surface area contributed by atoms with Crippen LogP contribution in [0.3, 0.4) is 0 Å². The second kappa shape index (κ2) is 48.4. The van der Waals surface area contributed by atoms with Crippen molar-refractivity contribution in [1.82, 2.24) is 0 Å². The number of cyclic esters (lactones) is 1. The Bertz CT molecular complexity index is 2320. The number of halogens is 2. The Morgan fingerprint density at radius 1 is 0.542 bits per heavy atom. The number of isocyanates is 2. The Balaban J connectivity index is 0. The predicted molar refractivity (Wildman–Crippen MR) is 330 cm³/mol. The minimum Gasteiger partial charge on any atom is -0.508 e. The van der Waals surface area contributed by atoms with E-state index in [0.29, 0.717) is 30.8 Å². The minimum atomic E-state index is -0.889. The lowest BCUT2D eigenvalue weighted by Gasteiger charge is -2.24. The number of phenolic OH excluding ortho intramolecular Hbond substituents is 2. The van der Waals surface area contributed by atoms with Crippen LogP contribution in [0.5, 0.6) is 11.5 Å². The van der Waals surface area contributed by atoms with Crippen LogP contribution in [0.25, 0.3) is 0 Å². The molecule has 0 spiro atoms. The predicted octanol–water partition coefficient (Wildman–Crippen LogP) is 13.3. The molecular weight excluding hydrogens is 1110 g/mol. The van der Waals surface area contributed by atoms with E-state index in [4.69, 9.17) is 45.3 Å². The third-order valence-electron chi connectivity index (χ3n) is 12.4.